The van der Waals surface area contributed by atoms with E-state index in [4.69, 9.17) is 15.8 Å². The first-order valence-electron chi connectivity index (χ1n) is 20.1. The Morgan fingerprint density at radius 2 is 1.31 bits per heavy atom. The number of anilines is 1. The van der Waals surface area contributed by atoms with Crippen molar-refractivity contribution >= 4 is 72.8 Å². The van der Waals surface area contributed by atoms with Crippen LogP contribution in [-0.2, 0) is 23.8 Å². The molecule has 0 radical (unpaired) electrons. The fourth-order valence-electron chi connectivity index (χ4n) is 6.06. The molecule has 5 rings (SSSR count). The smallest absolute Gasteiger partial charge is 0.305 e. The third kappa shape index (κ3) is 14.5. The summed E-state index contributed by atoms with van der Waals surface area (Å²) in [6.45, 7) is 15.7. The molecule has 1 atom stereocenters. The van der Waals surface area contributed by atoms with E-state index in [2.05, 4.69) is 135 Å². The van der Waals surface area contributed by atoms with Gasteiger partial charge in [0.1, 0.15) is 5.82 Å². The number of aliphatic carboxylic acids is 1. The van der Waals surface area contributed by atoms with Gasteiger partial charge in [-0.25, -0.2) is 27.1 Å². The topological polar surface area (TPSA) is 144 Å². The van der Waals surface area contributed by atoms with E-state index in [0.29, 0.717) is 23.7 Å². The van der Waals surface area contributed by atoms with Gasteiger partial charge in [-0.3, -0.25) is 9.59 Å². The molecule has 1 N–H and O–H groups in total. The molecule has 15 heteroatoms. The second-order valence-corrected chi connectivity index (χ2v) is 30.8. The molecule has 4 aromatic carbocycles. The number of benzene rings is 4. The lowest BCUT2D eigenvalue weighted by molar-refractivity contribution is -0.138. The van der Waals surface area contributed by atoms with Crippen molar-refractivity contribution in [3.63, 3.8) is 0 Å². The Balaban J connectivity index is 0.000000251. The van der Waals surface area contributed by atoms with Crippen LogP contribution in [0.2, 0.25) is 18.1 Å². The Labute approximate surface area is 369 Å². The molecular formula is C47H62FN3O7P2SSi. The SMILES string of the molecule is C=P(c1ccccc1)(c1ccccc1)c1ccccc1.CC(C)(C)[Si](C)(C)O[C@H](CC(=O)O)CP(C)(C)=O.CC(C)c1nc(N(C)S(C)(=O)=O)nc(-c2ccc(F)cc2)c1C=O. The molecule has 1 heterocycles. The molecule has 0 saturated heterocycles. The van der Waals surface area contributed by atoms with Crippen molar-refractivity contribution in [2.45, 2.75) is 71.2 Å². The van der Waals surface area contributed by atoms with Crippen LogP contribution in [0.3, 0.4) is 0 Å². The molecule has 0 aliphatic carbocycles. The Morgan fingerprint density at radius 1 is 0.871 bits per heavy atom. The fraction of sp³-hybridized carbons (Fsp3) is 0.340. The molecule has 0 aliphatic rings. The van der Waals surface area contributed by atoms with E-state index in [0.717, 1.165) is 10.6 Å². The molecule has 10 nitrogen and oxygen atoms in total. The number of hydrogen-bond donors (Lipinski definition) is 1. The predicted octanol–water partition coefficient (Wildman–Crippen LogP) is 9.50. The number of carboxylic acid groups (broad SMARTS) is 1. The lowest BCUT2D eigenvalue weighted by Crippen LogP contribution is -2.45. The van der Waals surface area contributed by atoms with Gasteiger partial charge in [0.25, 0.3) is 0 Å². The Hall–Kier alpha value is -4.51. The fourth-order valence-corrected chi connectivity index (χ4v) is 12.1. The third-order valence-electron chi connectivity index (χ3n) is 10.4. The van der Waals surface area contributed by atoms with Crippen molar-refractivity contribution in [2.24, 2.45) is 0 Å². The first-order chi connectivity index (χ1) is 28.7. The molecular weight excluding hydrogens is 860 g/mol. The van der Waals surface area contributed by atoms with Gasteiger partial charge >= 0.3 is 5.97 Å². The van der Waals surface area contributed by atoms with E-state index in [9.17, 15) is 27.0 Å². The highest BCUT2D eigenvalue weighted by Crippen LogP contribution is 2.43. The molecule has 334 valence electrons. The van der Waals surface area contributed by atoms with Gasteiger partial charge in [-0.05, 0) is 84.4 Å². The number of aromatic nitrogens is 2. The van der Waals surface area contributed by atoms with Crippen LogP contribution in [0.15, 0.2) is 115 Å². The third-order valence-corrected chi connectivity index (χ3v) is 20.9. The maximum Gasteiger partial charge on any atom is 0.305 e. The molecule has 0 bridgehead atoms. The maximum atomic E-state index is 13.2. The van der Waals surface area contributed by atoms with E-state index in [-0.39, 0.29) is 34.6 Å². The van der Waals surface area contributed by atoms with Crippen LogP contribution >= 0.6 is 14.0 Å². The van der Waals surface area contributed by atoms with E-state index >= 15 is 0 Å². The molecule has 0 fully saturated rings. The number of carbonyl (C=O) groups excluding carboxylic acids is 1. The van der Waals surface area contributed by atoms with Gasteiger partial charge in [0.2, 0.25) is 16.0 Å². The maximum absolute atomic E-state index is 13.2. The average Bonchev–Trinajstić information content (AvgIpc) is 3.19. The molecule has 5 aromatic rings. The normalized spacial score (nSPS) is 12.6. The van der Waals surface area contributed by atoms with Crippen LogP contribution in [0.1, 0.15) is 63.0 Å². The first kappa shape index (κ1) is 51.8. The number of rotatable bonds is 14. The molecule has 0 unspecified atom stereocenters. The van der Waals surface area contributed by atoms with Crippen molar-refractivity contribution in [1.29, 1.82) is 0 Å². The van der Waals surface area contributed by atoms with Crippen molar-refractivity contribution < 1.29 is 36.5 Å². The molecule has 0 amide bonds. The highest BCUT2D eigenvalue weighted by atomic mass is 32.2. The van der Waals surface area contributed by atoms with Crippen LogP contribution < -0.4 is 20.2 Å². The summed E-state index contributed by atoms with van der Waals surface area (Å²) in [7, 11) is -6.53. The van der Waals surface area contributed by atoms with Crippen LogP contribution in [0, 0.1) is 5.82 Å². The lowest BCUT2D eigenvalue weighted by atomic mass is 9.99. The van der Waals surface area contributed by atoms with Gasteiger partial charge in [0.15, 0.2) is 14.6 Å². The van der Waals surface area contributed by atoms with Gasteiger partial charge in [0, 0.05) is 18.8 Å². The minimum absolute atomic E-state index is 0.0230. The quantitative estimate of drug-likeness (QED) is 0.0655. The standard InChI is InChI=1S/C19H17P.C16H18FN3O3S.C12H27O4PSi/c1-20(17-11-5-2-6-12-17,18-13-7-3-8-14-18)19-15-9-4-10-16-19;1-10(2)14-13(9-21)15(11-5-7-12(17)8-6-11)19-16(18-14)20(3)24(4,22)23;1-12(2,3)18(6,7)16-10(8-11(13)14)9-17(4,5)15/h2-16H,1H2;5-10H,1-4H3;10H,8-9H2,1-7H3,(H,13,14)/t;;10-/m..1/s1. The summed E-state index contributed by atoms with van der Waals surface area (Å²) in [5.74, 6) is -1.48. The van der Waals surface area contributed by atoms with Gasteiger partial charge in [-0.1, -0.05) is 132 Å². The van der Waals surface area contributed by atoms with E-state index < -0.39 is 50.3 Å². The Kier molecular flexibility index (Phi) is 18.2. The summed E-state index contributed by atoms with van der Waals surface area (Å²) in [6, 6.07) is 37.4. The number of carbonyl (C=O) groups is 2. The number of halogens is 1. The van der Waals surface area contributed by atoms with Gasteiger partial charge in [-0.2, -0.15) is 0 Å². The summed E-state index contributed by atoms with van der Waals surface area (Å²) in [5.41, 5.74) is 1.48. The highest BCUT2D eigenvalue weighted by Gasteiger charge is 2.40. The predicted molar refractivity (Wildman–Crippen MR) is 261 cm³/mol. The molecule has 0 saturated carbocycles. The molecule has 62 heavy (non-hydrogen) atoms. The number of aldehydes is 1. The van der Waals surface area contributed by atoms with Crippen molar-refractivity contribution in [1.82, 2.24) is 9.97 Å². The lowest BCUT2D eigenvalue weighted by Gasteiger charge is -2.39. The molecule has 1 aromatic heterocycles. The monoisotopic (exact) mass is 921 g/mol. The van der Waals surface area contributed by atoms with Crippen LogP contribution in [0.4, 0.5) is 10.3 Å². The molecule has 0 aliphatic heterocycles. The number of hydrogen-bond acceptors (Lipinski definition) is 8. The minimum Gasteiger partial charge on any atom is -0.481 e. The summed E-state index contributed by atoms with van der Waals surface area (Å²) < 4.78 is 55.6. The highest BCUT2D eigenvalue weighted by molar-refractivity contribution is 7.93. The van der Waals surface area contributed by atoms with Gasteiger partial charge in [-0.15, -0.1) is 0 Å². The van der Waals surface area contributed by atoms with E-state index in [1.54, 1.807) is 13.3 Å². The zero-order valence-corrected chi connectivity index (χ0v) is 41.3. The largest absolute Gasteiger partial charge is 0.481 e. The number of sulfonamides is 1. The minimum atomic E-state index is -3.56. The van der Waals surface area contributed by atoms with Crippen molar-refractivity contribution in [2.75, 3.05) is 37.1 Å². The Bertz CT molecular complexity index is 2360. The summed E-state index contributed by atoms with van der Waals surface area (Å²) in [6.07, 6.45) is 6.19. The van der Waals surface area contributed by atoms with Crippen molar-refractivity contribution in [3.05, 3.63) is 132 Å². The van der Waals surface area contributed by atoms with Crippen molar-refractivity contribution in [3.8, 4) is 11.3 Å². The Morgan fingerprint density at radius 3 is 1.65 bits per heavy atom. The number of nitrogens with zero attached hydrogens (tertiary/aromatic N) is 3. The average molecular weight is 922 g/mol. The number of carboxylic acids is 1. The second kappa shape index (κ2) is 21.7. The molecule has 0 spiro atoms. The van der Waals surface area contributed by atoms with E-state index in [1.165, 1.54) is 47.2 Å². The van der Waals surface area contributed by atoms with Crippen LogP contribution in [0.25, 0.3) is 11.3 Å². The van der Waals surface area contributed by atoms with Crippen LogP contribution in [-0.4, -0.2) is 89.3 Å². The first-order valence-corrected chi connectivity index (χ1v) is 29.6. The van der Waals surface area contributed by atoms with E-state index in [1.807, 2.05) is 13.8 Å². The van der Waals surface area contributed by atoms with Gasteiger partial charge < -0.3 is 14.1 Å². The summed E-state index contributed by atoms with van der Waals surface area (Å²) in [4.78, 5) is 30.9. The van der Waals surface area contributed by atoms with Crippen LogP contribution in [0.5, 0.6) is 0 Å². The zero-order valence-electron chi connectivity index (χ0n) is 37.7. The zero-order chi connectivity index (χ0) is 46.7. The second-order valence-electron chi connectivity index (χ2n) is 17.4. The summed E-state index contributed by atoms with van der Waals surface area (Å²) in [5, 5.41) is 12.9. The summed E-state index contributed by atoms with van der Waals surface area (Å²) >= 11 is 0. The van der Waals surface area contributed by atoms with Gasteiger partial charge in [0.05, 0.1) is 42.9 Å².